The third kappa shape index (κ3) is 4.81. The molecule has 212 valence electrons. The Bertz CT molecular complexity index is 1130. The maximum atomic E-state index is 14.0. The van der Waals surface area contributed by atoms with Crippen molar-refractivity contribution in [3.63, 3.8) is 0 Å². The van der Waals surface area contributed by atoms with Crippen molar-refractivity contribution in [1.29, 1.82) is 0 Å². The highest BCUT2D eigenvalue weighted by Crippen LogP contribution is 2.66. The normalized spacial score (nSPS) is 38.3. The molecule has 2 N–H and O–H groups in total. The topological polar surface area (TPSA) is 101 Å². The molecule has 1 aromatic rings. The summed E-state index contributed by atoms with van der Waals surface area (Å²) in [5.74, 6) is 1.19. The van der Waals surface area contributed by atoms with Crippen LogP contribution in [0, 0.1) is 46.3 Å². The van der Waals surface area contributed by atoms with Gasteiger partial charge in [-0.25, -0.2) is 0 Å². The highest BCUT2D eigenvalue weighted by atomic mass is 16.3. The van der Waals surface area contributed by atoms with E-state index in [4.69, 9.17) is 0 Å². The zero-order chi connectivity index (χ0) is 28.1. The molecular formula is C33H45NO5. The van der Waals surface area contributed by atoms with Crippen molar-refractivity contribution in [3.8, 4) is 0 Å². The second kappa shape index (κ2) is 10.6. The minimum atomic E-state index is -0.772. The number of fused-ring (bicyclic) bond motifs is 5. The second-order valence-electron chi connectivity index (χ2n) is 13.7. The highest BCUT2D eigenvalue weighted by molar-refractivity contribution is 5.93. The molecule has 0 radical (unpaired) electrons. The average molecular weight is 536 g/mol. The van der Waals surface area contributed by atoms with Gasteiger partial charge in [-0.2, -0.15) is 0 Å². The molecule has 5 rings (SSSR count). The number of carbonyl (C=O) groups excluding carboxylic acids is 4. The lowest BCUT2D eigenvalue weighted by Gasteiger charge is -2.58. The van der Waals surface area contributed by atoms with Gasteiger partial charge in [0.15, 0.2) is 0 Å². The number of rotatable bonds is 7. The van der Waals surface area contributed by atoms with Gasteiger partial charge in [-0.05, 0) is 73.2 Å². The summed E-state index contributed by atoms with van der Waals surface area (Å²) in [4.78, 5) is 52.5. The van der Waals surface area contributed by atoms with E-state index >= 15 is 0 Å². The number of aliphatic hydroxyl groups excluding tert-OH is 1. The first-order valence-electron chi connectivity index (χ1n) is 15.1. The van der Waals surface area contributed by atoms with Gasteiger partial charge < -0.3 is 10.4 Å². The second-order valence-corrected chi connectivity index (χ2v) is 13.7. The zero-order valence-electron chi connectivity index (χ0n) is 23.9. The van der Waals surface area contributed by atoms with Crippen LogP contribution in [0.3, 0.4) is 0 Å². The number of Topliss-reactive ketones (excluding diaryl/α,β-unsaturated/α-hetero) is 3. The maximum absolute atomic E-state index is 14.0. The number of hydrogen-bond acceptors (Lipinski definition) is 5. The highest BCUT2D eigenvalue weighted by Gasteiger charge is 2.66. The summed E-state index contributed by atoms with van der Waals surface area (Å²) >= 11 is 0. The Morgan fingerprint density at radius 2 is 1.74 bits per heavy atom. The molecule has 4 fully saturated rings. The van der Waals surface area contributed by atoms with Gasteiger partial charge in [0.25, 0.3) is 0 Å². The smallest absolute Gasteiger partial charge is 0.220 e. The van der Waals surface area contributed by atoms with E-state index in [1.807, 2.05) is 37.3 Å². The summed E-state index contributed by atoms with van der Waals surface area (Å²) in [5, 5.41) is 13.6. The number of carbonyl (C=O) groups is 4. The molecule has 4 aliphatic rings. The molecular weight excluding hydrogens is 490 g/mol. The number of aliphatic hydroxyl groups is 1. The number of nitrogens with one attached hydrogen (secondary N) is 1. The van der Waals surface area contributed by atoms with Crippen LogP contribution in [0.1, 0.15) is 97.1 Å². The van der Waals surface area contributed by atoms with Gasteiger partial charge in [0.05, 0.1) is 12.1 Å². The molecule has 0 bridgehead atoms. The largest absolute Gasteiger partial charge is 0.386 e. The van der Waals surface area contributed by atoms with Crippen LogP contribution in [0.25, 0.3) is 0 Å². The Morgan fingerprint density at radius 3 is 2.46 bits per heavy atom. The van der Waals surface area contributed by atoms with Crippen molar-refractivity contribution in [2.75, 3.05) is 0 Å². The van der Waals surface area contributed by atoms with Gasteiger partial charge in [-0.3, -0.25) is 19.2 Å². The quantitative estimate of drug-likeness (QED) is 0.498. The maximum Gasteiger partial charge on any atom is 0.220 e. The lowest BCUT2D eigenvalue weighted by atomic mass is 9.44. The molecule has 0 aliphatic heterocycles. The van der Waals surface area contributed by atoms with Crippen LogP contribution in [-0.2, 0) is 19.2 Å². The van der Waals surface area contributed by atoms with Crippen molar-refractivity contribution < 1.29 is 24.3 Å². The van der Waals surface area contributed by atoms with Crippen LogP contribution in [0.2, 0.25) is 0 Å². The summed E-state index contributed by atoms with van der Waals surface area (Å²) in [5.41, 5.74) is 0.138. The predicted molar refractivity (Wildman–Crippen MR) is 148 cm³/mol. The summed E-state index contributed by atoms with van der Waals surface area (Å²) in [7, 11) is 0. The van der Waals surface area contributed by atoms with E-state index in [0.29, 0.717) is 44.3 Å². The van der Waals surface area contributed by atoms with Gasteiger partial charge in [-0.1, -0.05) is 51.1 Å². The van der Waals surface area contributed by atoms with Crippen molar-refractivity contribution in [2.45, 2.75) is 97.6 Å². The van der Waals surface area contributed by atoms with Gasteiger partial charge in [0.2, 0.25) is 5.91 Å². The first kappa shape index (κ1) is 28.2. The molecule has 6 nitrogen and oxygen atoms in total. The first-order valence-corrected chi connectivity index (χ1v) is 15.1. The fraction of sp³-hybridized carbons (Fsp3) is 0.697. The fourth-order valence-corrected chi connectivity index (χ4v) is 9.29. The molecule has 4 saturated carbocycles. The van der Waals surface area contributed by atoms with Crippen molar-refractivity contribution >= 4 is 23.3 Å². The number of amides is 1. The molecule has 4 aliphatic carbocycles. The molecule has 0 saturated heterocycles. The standard InChI is InChI=1S/C33H45NO5/c1-19(10-13-29(38)34-20(2)31(39)21-8-6-5-7-9-21)24-11-12-25-30-26(18-28(37)33(24,25)4)32(3)15-14-23(35)16-22(32)17-27(30)36/h5-9,19-20,22,24-26,30-31,39H,10-18H2,1-4H3,(H,34,38). The van der Waals surface area contributed by atoms with Crippen LogP contribution in [0.15, 0.2) is 30.3 Å². The molecule has 1 amide bonds. The summed E-state index contributed by atoms with van der Waals surface area (Å²) in [6, 6.07) is 8.93. The van der Waals surface area contributed by atoms with Crippen LogP contribution in [0.4, 0.5) is 0 Å². The van der Waals surface area contributed by atoms with E-state index in [9.17, 15) is 24.3 Å². The Labute approximate surface area is 232 Å². The number of hydrogen-bond donors (Lipinski definition) is 2. The minimum absolute atomic E-state index is 0.0554. The van der Waals surface area contributed by atoms with E-state index < -0.39 is 17.6 Å². The number of benzene rings is 1. The lowest BCUT2D eigenvalue weighted by Crippen LogP contribution is -2.60. The Kier molecular flexibility index (Phi) is 7.64. The van der Waals surface area contributed by atoms with Crippen molar-refractivity contribution in [2.24, 2.45) is 46.3 Å². The monoisotopic (exact) mass is 535 g/mol. The van der Waals surface area contributed by atoms with Crippen molar-refractivity contribution in [1.82, 2.24) is 5.32 Å². The minimum Gasteiger partial charge on any atom is -0.386 e. The number of ketones is 3. The SMILES string of the molecule is CC(CCC(=O)NC(C)C(O)c1ccccc1)C1CCC2C3C(=O)CC4CC(=O)CCC4(C)C3CC(=O)C12C. The van der Waals surface area contributed by atoms with E-state index in [0.717, 1.165) is 24.8 Å². The molecule has 10 unspecified atom stereocenters. The molecule has 0 heterocycles. The third-order valence-corrected chi connectivity index (χ3v) is 11.7. The average Bonchev–Trinajstić information content (AvgIpc) is 3.27. The summed E-state index contributed by atoms with van der Waals surface area (Å²) < 4.78 is 0. The molecule has 0 spiro atoms. The van der Waals surface area contributed by atoms with Gasteiger partial charge >= 0.3 is 0 Å². The summed E-state index contributed by atoms with van der Waals surface area (Å²) in [6.45, 7) is 8.32. The van der Waals surface area contributed by atoms with E-state index in [1.54, 1.807) is 0 Å². The van der Waals surface area contributed by atoms with Crippen LogP contribution in [-0.4, -0.2) is 34.4 Å². The summed E-state index contributed by atoms with van der Waals surface area (Å²) in [6.07, 6.45) is 4.83. The van der Waals surface area contributed by atoms with Crippen molar-refractivity contribution in [3.05, 3.63) is 35.9 Å². The van der Waals surface area contributed by atoms with Crippen LogP contribution in [0.5, 0.6) is 0 Å². The Balaban J connectivity index is 1.24. The van der Waals surface area contributed by atoms with Crippen LogP contribution < -0.4 is 5.32 Å². The van der Waals surface area contributed by atoms with Gasteiger partial charge in [0.1, 0.15) is 17.3 Å². The van der Waals surface area contributed by atoms with Gasteiger partial charge in [-0.15, -0.1) is 0 Å². The van der Waals surface area contributed by atoms with E-state index in [2.05, 4.69) is 26.1 Å². The predicted octanol–water partition coefficient (Wildman–Crippen LogP) is 5.23. The third-order valence-electron chi connectivity index (χ3n) is 11.7. The zero-order valence-corrected chi connectivity index (χ0v) is 23.9. The van der Waals surface area contributed by atoms with Gasteiger partial charge in [0, 0.05) is 43.4 Å². The van der Waals surface area contributed by atoms with Crippen LogP contribution >= 0.6 is 0 Å². The first-order chi connectivity index (χ1) is 18.5. The molecule has 1 aromatic carbocycles. The fourth-order valence-electron chi connectivity index (χ4n) is 9.29. The molecule has 39 heavy (non-hydrogen) atoms. The molecule has 0 aromatic heterocycles. The lowest BCUT2D eigenvalue weighted by molar-refractivity contribution is -0.166. The van der Waals surface area contributed by atoms with E-state index in [1.165, 1.54) is 0 Å². The molecule has 6 heteroatoms. The Hall–Kier alpha value is -2.34. The Morgan fingerprint density at radius 1 is 1.03 bits per heavy atom. The van der Waals surface area contributed by atoms with E-state index in [-0.39, 0.29) is 58.4 Å². The molecule has 10 atom stereocenters.